The van der Waals surface area contributed by atoms with Crippen LogP contribution in [0.3, 0.4) is 0 Å². The van der Waals surface area contributed by atoms with Gasteiger partial charge in [-0.25, -0.2) is 14.4 Å². The molecule has 21 heavy (non-hydrogen) atoms. The van der Waals surface area contributed by atoms with Gasteiger partial charge in [-0.15, -0.1) is 0 Å². The molecule has 2 N–H and O–H groups in total. The molecule has 6 heteroatoms. The van der Waals surface area contributed by atoms with E-state index in [2.05, 4.69) is 20.6 Å². The molecule has 0 fully saturated rings. The zero-order valence-electron chi connectivity index (χ0n) is 11.6. The second-order valence-electron chi connectivity index (χ2n) is 4.88. The highest BCUT2D eigenvalue weighted by atomic mass is 19.1. The minimum atomic E-state index is -0.547. The number of amides is 1. The van der Waals surface area contributed by atoms with Crippen molar-refractivity contribution in [3.63, 3.8) is 0 Å². The van der Waals surface area contributed by atoms with E-state index >= 15 is 0 Å². The second kappa shape index (κ2) is 5.47. The van der Waals surface area contributed by atoms with Gasteiger partial charge in [0.15, 0.2) is 11.6 Å². The van der Waals surface area contributed by atoms with Crippen LogP contribution in [0.1, 0.15) is 18.2 Å². The van der Waals surface area contributed by atoms with Crippen LogP contribution in [0.4, 0.5) is 15.9 Å². The lowest BCUT2D eigenvalue weighted by Crippen LogP contribution is -2.40. The van der Waals surface area contributed by atoms with Gasteiger partial charge in [0.25, 0.3) is 0 Å². The first-order chi connectivity index (χ1) is 10.2. The van der Waals surface area contributed by atoms with Crippen molar-refractivity contribution in [2.45, 2.75) is 25.8 Å². The molecular formula is C15H15FN4O. The number of benzene rings is 1. The molecule has 1 atom stereocenters. The van der Waals surface area contributed by atoms with E-state index in [-0.39, 0.29) is 11.7 Å². The fourth-order valence-electron chi connectivity index (χ4n) is 2.39. The first-order valence-corrected chi connectivity index (χ1v) is 6.83. The fourth-order valence-corrected chi connectivity index (χ4v) is 2.39. The molecule has 2 aromatic rings. The third-order valence-corrected chi connectivity index (χ3v) is 3.52. The van der Waals surface area contributed by atoms with Gasteiger partial charge >= 0.3 is 0 Å². The van der Waals surface area contributed by atoms with Gasteiger partial charge in [-0.1, -0.05) is 25.1 Å². The summed E-state index contributed by atoms with van der Waals surface area (Å²) in [6, 6.07) is 7.02. The zero-order valence-corrected chi connectivity index (χ0v) is 11.6. The first kappa shape index (κ1) is 13.5. The Kier molecular flexibility index (Phi) is 3.51. The third kappa shape index (κ3) is 2.56. The number of para-hydroxylation sites is 1. The lowest BCUT2D eigenvalue weighted by atomic mass is 9.99. The van der Waals surface area contributed by atoms with E-state index in [1.165, 1.54) is 6.33 Å². The van der Waals surface area contributed by atoms with Gasteiger partial charge in [0.2, 0.25) is 5.91 Å². The maximum Gasteiger partial charge on any atom is 0.247 e. The van der Waals surface area contributed by atoms with Gasteiger partial charge in [0, 0.05) is 12.1 Å². The normalized spacial score (nSPS) is 17.0. The minimum Gasteiger partial charge on any atom is -0.356 e. The van der Waals surface area contributed by atoms with Crippen molar-refractivity contribution in [3.05, 3.63) is 47.7 Å². The number of hydrogen-bond acceptors (Lipinski definition) is 4. The number of anilines is 2. The van der Waals surface area contributed by atoms with Crippen LogP contribution in [0.25, 0.3) is 0 Å². The van der Waals surface area contributed by atoms with E-state index in [0.29, 0.717) is 18.5 Å². The Morgan fingerprint density at radius 2 is 2.19 bits per heavy atom. The highest BCUT2D eigenvalue weighted by Gasteiger charge is 2.27. The van der Waals surface area contributed by atoms with Gasteiger partial charge in [-0.05, 0) is 18.1 Å². The number of aryl methyl sites for hydroxylation is 1. The minimum absolute atomic E-state index is 0.0707. The molecule has 0 radical (unpaired) electrons. The highest BCUT2D eigenvalue weighted by molar-refractivity contribution is 5.99. The maximum absolute atomic E-state index is 14.1. The molecule has 1 amide bonds. The van der Waals surface area contributed by atoms with Crippen LogP contribution >= 0.6 is 0 Å². The Morgan fingerprint density at radius 3 is 3.00 bits per heavy atom. The van der Waals surface area contributed by atoms with Crippen molar-refractivity contribution in [2.24, 2.45) is 0 Å². The maximum atomic E-state index is 14.1. The molecule has 1 aromatic carbocycles. The number of nitrogens with one attached hydrogen (secondary N) is 2. The summed E-state index contributed by atoms with van der Waals surface area (Å²) in [5.74, 6) is -0.613. The van der Waals surface area contributed by atoms with Gasteiger partial charge in [0.1, 0.15) is 12.4 Å². The molecule has 5 nitrogen and oxygen atoms in total. The van der Waals surface area contributed by atoms with E-state index in [9.17, 15) is 9.18 Å². The summed E-state index contributed by atoms with van der Waals surface area (Å²) in [5, 5.41) is 5.69. The average molecular weight is 286 g/mol. The van der Waals surface area contributed by atoms with Crippen LogP contribution in [-0.2, 0) is 17.6 Å². The Balaban J connectivity index is 1.85. The lowest BCUT2D eigenvalue weighted by molar-refractivity contribution is -0.117. The van der Waals surface area contributed by atoms with E-state index in [1.807, 2.05) is 31.2 Å². The van der Waals surface area contributed by atoms with Crippen molar-refractivity contribution in [1.82, 2.24) is 9.97 Å². The number of fused-ring (bicyclic) bond motifs is 1. The van der Waals surface area contributed by atoms with E-state index in [1.54, 1.807) is 0 Å². The predicted molar refractivity (Wildman–Crippen MR) is 77.6 cm³/mol. The molecule has 0 saturated heterocycles. The summed E-state index contributed by atoms with van der Waals surface area (Å²) < 4.78 is 14.1. The summed E-state index contributed by atoms with van der Waals surface area (Å²) in [4.78, 5) is 19.9. The summed E-state index contributed by atoms with van der Waals surface area (Å²) in [7, 11) is 0. The molecule has 2 heterocycles. The van der Waals surface area contributed by atoms with Crippen LogP contribution in [0.2, 0.25) is 0 Å². The summed E-state index contributed by atoms with van der Waals surface area (Å²) in [6.07, 6.45) is 2.27. The van der Waals surface area contributed by atoms with Crippen molar-refractivity contribution in [3.8, 4) is 0 Å². The molecule has 1 unspecified atom stereocenters. The molecule has 0 saturated carbocycles. The monoisotopic (exact) mass is 286 g/mol. The van der Waals surface area contributed by atoms with Crippen LogP contribution in [0.5, 0.6) is 0 Å². The largest absolute Gasteiger partial charge is 0.356 e. The Labute approximate surface area is 121 Å². The van der Waals surface area contributed by atoms with Crippen LogP contribution in [0, 0.1) is 5.82 Å². The predicted octanol–water partition coefficient (Wildman–Crippen LogP) is 2.15. The number of halogens is 1. The molecule has 0 spiro atoms. The standard InChI is InChI=1S/C15H15FN4O/c1-2-10-13(16)14(18-8-17-10)19-12-7-9-5-3-4-6-11(9)20-15(12)21/h3-6,8,12H,2,7H2,1H3,(H,20,21)(H,17,18,19). The van der Waals surface area contributed by atoms with Gasteiger partial charge in [0.05, 0.1) is 5.69 Å². The van der Waals surface area contributed by atoms with Crippen LogP contribution in [-0.4, -0.2) is 21.9 Å². The number of hydrogen-bond donors (Lipinski definition) is 2. The highest BCUT2D eigenvalue weighted by Crippen LogP contribution is 2.24. The molecule has 1 aliphatic rings. The van der Waals surface area contributed by atoms with Crippen molar-refractivity contribution in [1.29, 1.82) is 0 Å². The number of carbonyl (C=O) groups excluding carboxylic acids is 1. The molecule has 0 aliphatic carbocycles. The lowest BCUT2D eigenvalue weighted by Gasteiger charge is -2.25. The van der Waals surface area contributed by atoms with Crippen LogP contribution < -0.4 is 10.6 Å². The fraction of sp³-hybridized carbons (Fsp3) is 0.267. The third-order valence-electron chi connectivity index (χ3n) is 3.52. The quantitative estimate of drug-likeness (QED) is 0.907. The zero-order chi connectivity index (χ0) is 14.8. The van der Waals surface area contributed by atoms with E-state index < -0.39 is 11.9 Å². The van der Waals surface area contributed by atoms with Gasteiger partial charge in [-0.2, -0.15) is 0 Å². The molecular weight excluding hydrogens is 271 g/mol. The summed E-state index contributed by atoms with van der Waals surface area (Å²) in [6.45, 7) is 1.82. The van der Waals surface area contributed by atoms with Crippen molar-refractivity contribution in [2.75, 3.05) is 10.6 Å². The van der Waals surface area contributed by atoms with Crippen molar-refractivity contribution < 1.29 is 9.18 Å². The van der Waals surface area contributed by atoms with Crippen LogP contribution in [0.15, 0.2) is 30.6 Å². The second-order valence-corrected chi connectivity index (χ2v) is 4.88. The summed E-state index contributed by atoms with van der Waals surface area (Å²) >= 11 is 0. The van der Waals surface area contributed by atoms with E-state index in [4.69, 9.17) is 0 Å². The van der Waals surface area contributed by atoms with Crippen molar-refractivity contribution >= 4 is 17.4 Å². The topological polar surface area (TPSA) is 66.9 Å². The number of aromatic nitrogens is 2. The first-order valence-electron chi connectivity index (χ1n) is 6.83. The van der Waals surface area contributed by atoms with Gasteiger partial charge in [-0.3, -0.25) is 4.79 Å². The summed E-state index contributed by atoms with van der Waals surface area (Å²) in [5.41, 5.74) is 2.15. The molecule has 1 aliphatic heterocycles. The smallest absolute Gasteiger partial charge is 0.247 e. The molecule has 3 rings (SSSR count). The Bertz CT molecular complexity index is 689. The molecule has 1 aromatic heterocycles. The molecule has 0 bridgehead atoms. The average Bonchev–Trinajstić information content (AvgIpc) is 2.50. The molecule has 108 valence electrons. The Morgan fingerprint density at radius 1 is 1.38 bits per heavy atom. The SMILES string of the molecule is CCc1ncnc(NC2Cc3ccccc3NC2=O)c1F. The van der Waals surface area contributed by atoms with Gasteiger partial charge < -0.3 is 10.6 Å². The number of rotatable bonds is 3. The van der Waals surface area contributed by atoms with E-state index in [0.717, 1.165) is 11.3 Å². The number of nitrogens with zero attached hydrogens (tertiary/aromatic N) is 2. The number of carbonyl (C=O) groups is 1. The Hall–Kier alpha value is -2.50.